The van der Waals surface area contributed by atoms with Crippen LogP contribution in [0.25, 0.3) is 0 Å². The van der Waals surface area contributed by atoms with Gasteiger partial charge in [-0.1, -0.05) is 6.92 Å². The normalized spacial score (nSPS) is 23.2. The van der Waals surface area contributed by atoms with E-state index in [1.54, 1.807) is 11.3 Å². The van der Waals surface area contributed by atoms with Crippen LogP contribution in [-0.4, -0.2) is 19.1 Å². The maximum Gasteiger partial charge on any atom is 0.310 e. The van der Waals surface area contributed by atoms with E-state index in [0.717, 1.165) is 17.3 Å². The van der Waals surface area contributed by atoms with E-state index in [1.165, 1.54) is 31.2 Å². The number of esters is 1. The minimum absolute atomic E-state index is 0.166. The van der Waals surface area contributed by atoms with Crippen LogP contribution in [-0.2, 0) is 22.5 Å². The highest BCUT2D eigenvalue weighted by Crippen LogP contribution is 2.25. The van der Waals surface area contributed by atoms with Gasteiger partial charge in [0, 0.05) is 22.3 Å². The highest BCUT2D eigenvalue weighted by atomic mass is 32.1. The van der Waals surface area contributed by atoms with E-state index in [1.807, 2.05) is 6.07 Å². The van der Waals surface area contributed by atoms with Gasteiger partial charge >= 0.3 is 5.97 Å². The molecule has 0 saturated heterocycles. The van der Waals surface area contributed by atoms with Gasteiger partial charge < -0.3 is 10.1 Å². The molecule has 1 fully saturated rings. The summed E-state index contributed by atoms with van der Waals surface area (Å²) >= 11 is 1.70. The minimum atomic E-state index is -0.166. The predicted octanol–water partition coefficient (Wildman–Crippen LogP) is 2.74. The summed E-state index contributed by atoms with van der Waals surface area (Å²) in [5.74, 6) is 0.696. The van der Waals surface area contributed by atoms with Crippen LogP contribution in [0.3, 0.4) is 0 Å². The summed E-state index contributed by atoms with van der Waals surface area (Å²) < 4.78 is 4.67. The van der Waals surface area contributed by atoms with Crippen molar-refractivity contribution < 1.29 is 9.53 Å². The first-order chi connectivity index (χ1) is 8.67. The van der Waals surface area contributed by atoms with E-state index in [9.17, 15) is 4.79 Å². The van der Waals surface area contributed by atoms with Crippen LogP contribution >= 0.6 is 11.3 Å². The second-order valence-corrected chi connectivity index (χ2v) is 6.37. The molecule has 1 heterocycles. The number of carbonyl (C=O) groups excluding carboxylic acids is 1. The molecule has 4 heteroatoms. The molecule has 3 nitrogen and oxygen atoms in total. The van der Waals surface area contributed by atoms with E-state index in [-0.39, 0.29) is 5.97 Å². The summed E-state index contributed by atoms with van der Waals surface area (Å²) in [7, 11) is 1.43. The molecule has 0 aromatic carbocycles. The minimum Gasteiger partial charge on any atom is -0.469 e. The van der Waals surface area contributed by atoms with Crippen LogP contribution in [0.5, 0.6) is 0 Å². The van der Waals surface area contributed by atoms with Gasteiger partial charge in [0.1, 0.15) is 0 Å². The van der Waals surface area contributed by atoms with Gasteiger partial charge in [0.15, 0.2) is 0 Å². The summed E-state index contributed by atoms with van der Waals surface area (Å²) in [4.78, 5) is 13.5. The molecule has 2 atom stereocenters. The number of nitrogens with one attached hydrogen (secondary N) is 1. The second-order valence-electron chi connectivity index (χ2n) is 5.12. The van der Waals surface area contributed by atoms with Crippen molar-refractivity contribution in [2.24, 2.45) is 5.92 Å². The van der Waals surface area contributed by atoms with Crippen LogP contribution in [0.1, 0.15) is 35.9 Å². The van der Waals surface area contributed by atoms with E-state index in [4.69, 9.17) is 0 Å². The van der Waals surface area contributed by atoms with Crippen molar-refractivity contribution >= 4 is 17.3 Å². The highest BCUT2D eigenvalue weighted by Gasteiger charge is 2.20. The van der Waals surface area contributed by atoms with Gasteiger partial charge in [0.25, 0.3) is 0 Å². The van der Waals surface area contributed by atoms with Crippen LogP contribution in [0, 0.1) is 5.92 Å². The number of rotatable bonds is 5. The van der Waals surface area contributed by atoms with E-state index in [2.05, 4.69) is 23.0 Å². The van der Waals surface area contributed by atoms with Crippen molar-refractivity contribution in [2.75, 3.05) is 7.11 Å². The molecule has 0 amide bonds. The molecular weight excluding hydrogens is 246 g/mol. The Kier molecular flexibility index (Phi) is 4.78. The Hall–Kier alpha value is -0.870. The molecule has 100 valence electrons. The average molecular weight is 267 g/mol. The molecular formula is C14H21NO2S. The highest BCUT2D eigenvalue weighted by molar-refractivity contribution is 7.12. The third-order valence-corrected chi connectivity index (χ3v) is 4.61. The molecule has 18 heavy (non-hydrogen) atoms. The third-order valence-electron chi connectivity index (χ3n) is 3.52. The topological polar surface area (TPSA) is 38.3 Å². The summed E-state index contributed by atoms with van der Waals surface area (Å²) in [5, 5.41) is 3.60. The van der Waals surface area contributed by atoms with E-state index < -0.39 is 0 Å². The Bertz CT molecular complexity index is 402. The number of methoxy groups -OCH3 is 1. The Labute approximate surface area is 113 Å². The van der Waals surface area contributed by atoms with Crippen molar-refractivity contribution in [1.82, 2.24) is 5.32 Å². The molecule has 1 N–H and O–H groups in total. The van der Waals surface area contributed by atoms with E-state index >= 15 is 0 Å². The van der Waals surface area contributed by atoms with Gasteiger partial charge in [-0.05, 0) is 37.3 Å². The Morgan fingerprint density at radius 3 is 2.89 bits per heavy atom. The molecule has 0 spiro atoms. The smallest absolute Gasteiger partial charge is 0.310 e. The number of hydrogen-bond acceptors (Lipinski definition) is 4. The SMILES string of the molecule is COC(=O)Cc1ccc(CNC2CCC(C)C2)s1. The number of hydrogen-bond donors (Lipinski definition) is 1. The zero-order chi connectivity index (χ0) is 13.0. The summed E-state index contributed by atoms with van der Waals surface area (Å²) in [5.41, 5.74) is 0. The van der Waals surface area contributed by atoms with Crippen LogP contribution < -0.4 is 5.32 Å². The lowest BCUT2D eigenvalue weighted by Crippen LogP contribution is -2.25. The van der Waals surface area contributed by atoms with E-state index in [0.29, 0.717) is 12.5 Å². The first kappa shape index (κ1) is 13.6. The molecule has 1 aliphatic rings. The van der Waals surface area contributed by atoms with Crippen molar-refractivity contribution in [2.45, 2.75) is 45.2 Å². The van der Waals surface area contributed by atoms with Gasteiger partial charge in [0.05, 0.1) is 13.5 Å². The molecule has 1 aliphatic carbocycles. The van der Waals surface area contributed by atoms with Crippen LogP contribution in [0.4, 0.5) is 0 Å². The van der Waals surface area contributed by atoms with Gasteiger partial charge in [-0.15, -0.1) is 11.3 Å². The summed E-state index contributed by atoms with van der Waals surface area (Å²) in [6.45, 7) is 3.24. The molecule has 2 unspecified atom stereocenters. The van der Waals surface area contributed by atoms with Crippen molar-refractivity contribution in [3.63, 3.8) is 0 Å². The lowest BCUT2D eigenvalue weighted by molar-refractivity contribution is -0.139. The summed E-state index contributed by atoms with van der Waals surface area (Å²) in [6, 6.07) is 4.80. The molecule has 1 aromatic rings. The Morgan fingerprint density at radius 1 is 1.44 bits per heavy atom. The molecule has 0 bridgehead atoms. The fourth-order valence-electron chi connectivity index (χ4n) is 2.46. The van der Waals surface area contributed by atoms with Crippen molar-refractivity contribution in [1.29, 1.82) is 0 Å². The van der Waals surface area contributed by atoms with Crippen molar-refractivity contribution in [3.8, 4) is 0 Å². The van der Waals surface area contributed by atoms with Gasteiger partial charge in [-0.25, -0.2) is 0 Å². The average Bonchev–Trinajstić information content (AvgIpc) is 2.96. The zero-order valence-corrected chi connectivity index (χ0v) is 11.9. The van der Waals surface area contributed by atoms with Gasteiger partial charge in [-0.3, -0.25) is 4.79 Å². The lowest BCUT2D eigenvalue weighted by atomic mass is 10.1. The molecule has 0 radical (unpaired) electrons. The first-order valence-corrected chi connectivity index (χ1v) is 7.37. The Balaban J connectivity index is 1.78. The number of thiophene rings is 1. The van der Waals surface area contributed by atoms with Gasteiger partial charge in [0.2, 0.25) is 0 Å². The molecule has 1 saturated carbocycles. The van der Waals surface area contributed by atoms with Crippen LogP contribution in [0.2, 0.25) is 0 Å². The molecule has 1 aromatic heterocycles. The number of ether oxygens (including phenoxy) is 1. The third kappa shape index (κ3) is 3.82. The maximum absolute atomic E-state index is 11.2. The predicted molar refractivity (Wildman–Crippen MR) is 73.7 cm³/mol. The first-order valence-electron chi connectivity index (χ1n) is 6.55. The maximum atomic E-state index is 11.2. The lowest BCUT2D eigenvalue weighted by Gasteiger charge is -2.10. The fourth-order valence-corrected chi connectivity index (χ4v) is 3.42. The quantitative estimate of drug-likeness (QED) is 0.834. The zero-order valence-electron chi connectivity index (χ0n) is 11.1. The van der Waals surface area contributed by atoms with Crippen molar-refractivity contribution in [3.05, 3.63) is 21.9 Å². The summed E-state index contributed by atoms with van der Waals surface area (Å²) in [6.07, 6.45) is 4.32. The number of carbonyl (C=O) groups is 1. The van der Waals surface area contributed by atoms with Crippen LogP contribution in [0.15, 0.2) is 12.1 Å². The standard InChI is InChI=1S/C14H21NO2S/c1-10-3-4-11(7-10)15-9-13-6-5-12(18-13)8-14(16)17-2/h5-6,10-11,15H,3-4,7-9H2,1-2H3. The molecule has 2 rings (SSSR count). The second kappa shape index (κ2) is 6.34. The molecule has 0 aliphatic heterocycles. The fraction of sp³-hybridized carbons (Fsp3) is 0.643. The Morgan fingerprint density at radius 2 is 2.22 bits per heavy atom. The largest absolute Gasteiger partial charge is 0.469 e. The monoisotopic (exact) mass is 267 g/mol. The van der Waals surface area contributed by atoms with Gasteiger partial charge in [-0.2, -0.15) is 0 Å².